The number of rotatable bonds is 5. The van der Waals surface area contributed by atoms with E-state index in [1.165, 1.54) is 24.3 Å². The monoisotopic (exact) mass is 468 g/mol. The molecule has 1 aliphatic rings. The highest BCUT2D eigenvalue weighted by atomic mass is 19.1. The van der Waals surface area contributed by atoms with Crippen LogP contribution in [0.15, 0.2) is 85.1 Å². The standard InChI is InChI=1S/C29H25FN2O3/c1-2-35-29(34)24-18-32(28(33)20-12-14-22(30)15-13-20)17-21(16-19-8-4-3-5-9-19)26-23-10-6-7-11-25(23)31-27(24)26/h3-15,18,21,31H,2,16-17H2,1H3. The summed E-state index contributed by atoms with van der Waals surface area (Å²) in [5.41, 5.74) is 4.34. The van der Waals surface area contributed by atoms with Crippen molar-refractivity contribution in [2.45, 2.75) is 19.3 Å². The number of para-hydroxylation sites is 1. The van der Waals surface area contributed by atoms with Crippen molar-refractivity contribution in [2.75, 3.05) is 13.2 Å². The van der Waals surface area contributed by atoms with Crippen LogP contribution in [0.4, 0.5) is 4.39 Å². The topological polar surface area (TPSA) is 62.4 Å². The van der Waals surface area contributed by atoms with Crippen molar-refractivity contribution in [1.29, 1.82) is 0 Å². The molecular weight excluding hydrogens is 443 g/mol. The summed E-state index contributed by atoms with van der Waals surface area (Å²) >= 11 is 0. The number of halogens is 1. The Hall–Kier alpha value is -4.19. The molecule has 0 saturated heterocycles. The lowest BCUT2D eigenvalue weighted by molar-refractivity contribution is -0.136. The number of hydrogen-bond acceptors (Lipinski definition) is 3. The average Bonchev–Trinajstić information content (AvgIpc) is 3.18. The molecule has 0 fully saturated rings. The van der Waals surface area contributed by atoms with Crippen molar-refractivity contribution in [3.63, 3.8) is 0 Å². The molecule has 0 aliphatic carbocycles. The number of benzene rings is 3. The summed E-state index contributed by atoms with van der Waals surface area (Å²) in [4.78, 5) is 31.6. The second-order valence-corrected chi connectivity index (χ2v) is 8.57. The van der Waals surface area contributed by atoms with Gasteiger partial charge in [0.25, 0.3) is 5.91 Å². The maximum absolute atomic E-state index is 13.5. The first-order valence-corrected chi connectivity index (χ1v) is 11.7. The largest absolute Gasteiger partial charge is 0.462 e. The molecule has 1 N–H and O–H groups in total. The van der Waals surface area contributed by atoms with Gasteiger partial charge in [0.15, 0.2) is 0 Å². The van der Waals surface area contributed by atoms with Crippen molar-refractivity contribution >= 4 is 28.4 Å². The van der Waals surface area contributed by atoms with Crippen molar-refractivity contribution < 1.29 is 18.7 Å². The predicted molar refractivity (Wildman–Crippen MR) is 133 cm³/mol. The number of ether oxygens (including phenoxy) is 1. The highest BCUT2D eigenvalue weighted by Crippen LogP contribution is 2.39. The summed E-state index contributed by atoms with van der Waals surface area (Å²) in [6.45, 7) is 2.31. The minimum atomic E-state index is -0.502. The Labute approximate surface area is 202 Å². The quantitative estimate of drug-likeness (QED) is 0.383. The van der Waals surface area contributed by atoms with Gasteiger partial charge in [0.05, 0.1) is 17.9 Å². The van der Waals surface area contributed by atoms with Crippen molar-refractivity contribution in [3.8, 4) is 0 Å². The zero-order valence-corrected chi connectivity index (χ0v) is 19.3. The number of fused-ring (bicyclic) bond motifs is 3. The number of aromatic amines is 1. The number of hydrogen-bond donors (Lipinski definition) is 1. The van der Waals surface area contributed by atoms with Gasteiger partial charge in [-0.1, -0.05) is 48.5 Å². The molecule has 5 rings (SSSR count). The first-order valence-electron chi connectivity index (χ1n) is 11.7. The minimum Gasteiger partial charge on any atom is -0.462 e. The summed E-state index contributed by atoms with van der Waals surface area (Å²) in [6.07, 6.45) is 2.25. The summed E-state index contributed by atoms with van der Waals surface area (Å²) in [6, 6.07) is 23.4. The van der Waals surface area contributed by atoms with Gasteiger partial charge in [-0.15, -0.1) is 0 Å². The lowest BCUT2D eigenvalue weighted by atomic mass is 9.88. The number of carbonyl (C=O) groups is 2. The third kappa shape index (κ3) is 4.47. The molecule has 0 bridgehead atoms. The van der Waals surface area contributed by atoms with Gasteiger partial charge in [0, 0.05) is 35.1 Å². The fourth-order valence-corrected chi connectivity index (χ4v) is 4.73. The van der Waals surface area contributed by atoms with E-state index in [1.54, 1.807) is 18.0 Å². The third-order valence-corrected chi connectivity index (χ3v) is 6.30. The molecule has 1 unspecified atom stereocenters. The number of H-pyrrole nitrogens is 1. The van der Waals surface area contributed by atoms with Gasteiger partial charge in [0.1, 0.15) is 5.82 Å². The maximum Gasteiger partial charge on any atom is 0.341 e. The zero-order valence-electron chi connectivity index (χ0n) is 19.3. The SMILES string of the molecule is CCOC(=O)C1=CN(C(=O)c2ccc(F)cc2)CC(Cc2ccccc2)c2c1[nH]c1ccccc21. The summed E-state index contributed by atoms with van der Waals surface area (Å²) in [5, 5.41) is 1.01. The smallest absolute Gasteiger partial charge is 0.341 e. The number of aromatic nitrogens is 1. The Morgan fingerprint density at radius 2 is 1.71 bits per heavy atom. The van der Waals surface area contributed by atoms with Crippen molar-refractivity contribution in [2.24, 2.45) is 0 Å². The van der Waals surface area contributed by atoms with Crippen LogP contribution in [0.3, 0.4) is 0 Å². The van der Waals surface area contributed by atoms with Crippen LogP contribution in [0.25, 0.3) is 16.5 Å². The highest BCUT2D eigenvalue weighted by molar-refractivity contribution is 6.18. The van der Waals surface area contributed by atoms with Crippen molar-refractivity contribution in [3.05, 3.63) is 113 Å². The van der Waals surface area contributed by atoms with E-state index in [0.717, 1.165) is 22.0 Å². The second kappa shape index (κ2) is 9.58. The van der Waals surface area contributed by atoms with Crippen LogP contribution in [0.1, 0.15) is 40.0 Å². The Kier molecular flexibility index (Phi) is 6.19. The Morgan fingerprint density at radius 3 is 2.46 bits per heavy atom. The number of nitrogens with one attached hydrogen (secondary N) is 1. The van der Waals surface area contributed by atoms with Crippen LogP contribution in [0.2, 0.25) is 0 Å². The Balaban J connectivity index is 1.67. The van der Waals surface area contributed by atoms with Crippen molar-refractivity contribution in [1.82, 2.24) is 9.88 Å². The van der Waals surface area contributed by atoms with Crippen LogP contribution >= 0.6 is 0 Å². The maximum atomic E-state index is 13.5. The van der Waals surface area contributed by atoms with E-state index in [0.29, 0.717) is 29.8 Å². The molecule has 0 radical (unpaired) electrons. The van der Waals surface area contributed by atoms with Gasteiger partial charge in [-0.3, -0.25) is 4.79 Å². The Bertz CT molecular complexity index is 1410. The van der Waals surface area contributed by atoms with Crippen LogP contribution in [0, 0.1) is 5.82 Å². The fourth-order valence-electron chi connectivity index (χ4n) is 4.73. The molecule has 2 heterocycles. The first-order chi connectivity index (χ1) is 17.0. The van der Waals surface area contributed by atoms with Gasteiger partial charge < -0.3 is 14.6 Å². The average molecular weight is 469 g/mol. The molecular formula is C29H25FN2O3. The van der Waals surface area contributed by atoms with Gasteiger partial charge in [0.2, 0.25) is 0 Å². The Morgan fingerprint density at radius 1 is 1.00 bits per heavy atom. The lowest BCUT2D eigenvalue weighted by Crippen LogP contribution is -2.30. The molecule has 1 atom stereocenters. The molecule has 1 aromatic heterocycles. The first kappa shape index (κ1) is 22.6. The molecule has 4 aromatic rings. The van der Waals surface area contributed by atoms with Gasteiger partial charge in [-0.2, -0.15) is 0 Å². The van der Waals surface area contributed by atoms with E-state index in [9.17, 15) is 14.0 Å². The fraction of sp³-hybridized carbons (Fsp3) is 0.172. The van der Waals surface area contributed by atoms with Gasteiger partial charge >= 0.3 is 5.97 Å². The molecule has 35 heavy (non-hydrogen) atoms. The second-order valence-electron chi connectivity index (χ2n) is 8.57. The molecule has 0 spiro atoms. The van der Waals surface area contributed by atoms with E-state index < -0.39 is 11.8 Å². The van der Waals surface area contributed by atoms with Crippen LogP contribution in [0.5, 0.6) is 0 Å². The number of carbonyl (C=O) groups excluding carboxylic acids is 2. The van der Waals surface area contributed by atoms with E-state index in [-0.39, 0.29) is 18.4 Å². The van der Waals surface area contributed by atoms with E-state index in [1.807, 2.05) is 42.5 Å². The molecule has 6 heteroatoms. The zero-order chi connectivity index (χ0) is 24.4. The number of amides is 1. The van der Waals surface area contributed by atoms with E-state index in [2.05, 4.69) is 17.1 Å². The number of nitrogens with zero attached hydrogens (tertiary/aromatic N) is 1. The molecule has 1 aliphatic heterocycles. The van der Waals surface area contributed by atoms with E-state index >= 15 is 0 Å². The predicted octanol–water partition coefficient (Wildman–Crippen LogP) is 5.69. The molecule has 1 amide bonds. The van der Waals surface area contributed by atoms with Crippen LogP contribution < -0.4 is 0 Å². The van der Waals surface area contributed by atoms with Crippen LogP contribution in [-0.2, 0) is 16.0 Å². The molecule has 3 aromatic carbocycles. The molecule has 176 valence electrons. The normalized spacial score (nSPS) is 15.3. The third-order valence-electron chi connectivity index (χ3n) is 6.30. The highest BCUT2D eigenvalue weighted by Gasteiger charge is 2.33. The molecule has 0 saturated carbocycles. The summed E-state index contributed by atoms with van der Waals surface area (Å²) in [7, 11) is 0. The van der Waals surface area contributed by atoms with Gasteiger partial charge in [-0.25, -0.2) is 9.18 Å². The number of esters is 1. The summed E-state index contributed by atoms with van der Waals surface area (Å²) in [5.74, 6) is -1.32. The minimum absolute atomic E-state index is 0.101. The molecule has 5 nitrogen and oxygen atoms in total. The van der Waals surface area contributed by atoms with E-state index in [4.69, 9.17) is 4.74 Å². The summed E-state index contributed by atoms with van der Waals surface area (Å²) < 4.78 is 18.9. The lowest BCUT2D eigenvalue weighted by Gasteiger charge is -2.24. The van der Waals surface area contributed by atoms with Gasteiger partial charge in [-0.05, 0) is 54.8 Å². The van der Waals surface area contributed by atoms with Crippen LogP contribution in [-0.4, -0.2) is 34.9 Å².